The number of para-hydroxylation sites is 1. The normalized spacial score (nSPS) is 11.0. The zero-order valence-corrected chi connectivity index (χ0v) is 17.5. The Morgan fingerprint density at radius 2 is 1.83 bits per heavy atom. The fourth-order valence-electron chi connectivity index (χ4n) is 2.53. The van der Waals surface area contributed by atoms with Crippen molar-refractivity contribution in [3.63, 3.8) is 0 Å². The zero-order chi connectivity index (χ0) is 20.1. The van der Waals surface area contributed by atoms with E-state index in [-0.39, 0.29) is 5.75 Å². The van der Waals surface area contributed by atoms with Crippen LogP contribution in [-0.2, 0) is 0 Å². The Bertz CT molecular complexity index is 1130. The topological polar surface area (TPSA) is 46.5 Å². The minimum Gasteiger partial charge on any atom is -0.454 e. The van der Waals surface area contributed by atoms with Crippen molar-refractivity contribution in [3.05, 3.63) is 94.0 Å². The third-order valence-corrected chi connectivity index (χ3v) is 5.22. The van der Waals surface area contributed by atoms with Crippen molar-refractivity contribution < 1.29 is 9.13 Å². The summed E-state index contributed by atoms with van der Waals surface area (Å²) in [6, 6.07) is 21.6. The van der Waals surface area contributed by atoms with Gasteiger partial charge in [0.05, 0.1) is 11.9 Å². The van der Waals surface area contributed by atoms with E-state index in [9.17, 15) is 4.39 Å². The van der Waals surface area contributed by atoms with E-state index in [2.05, 4.69) is 31.4 Å². The Labute approximate surface area is 179 Å². The average Bonchev–Trinajstić information content (AvgIpc) is 3.21. The van der Waals surface area contributed by atoms with Gasteiger partial charge in [0.2, 0.25) is 5.13 Å². The van der Waals surface area contributed by atoms with Crippen LogP contribution < -0.4 is 10.2 Å². The summed E-state index contributed by atoms with van der Waals surface area (Å²) in [5, 5.41) is 6.83. The predicted octanol–water partition coefficient (Wildman–Crippen LogP) is 6.95. The standard InChI is InChI=1S/C22H15BrFN3OS/c23-17-9-7-16(8-10-17)20-14-29-22(26-20)27-25-13-15-6-11-19(24)21(12-15)28-18-4-2-1-3-5-18/h1-14H,(H,26,27). The lowest BCUT2D eigenvalue weighted by Gasteiger charge is -2.07. The summed E-state index contributed by atoms with van der Waals surface area (Å²) in [6.45, 7) is 0. The molecule has 1 N–H and O–H groups in total. The second-order valence-corrected chi connectivity index (χ2v) is 7.79. The molecule has 0 spiro atoms. The quantitative estimate of drug-likeness (QED) is 0.246. The molecule has 0 unspecified atom stereocenters. The number of rotatable bonds is 6. The monoisotopic (exact) mass is 467 g/mol. The molecule has 0 aliphatic heterocycles. The number of hydrogen-bond acceptors (Lipinski definition) is 5. The van der Waals surface area contributed by atoms with Crippen LogP contribution in [0.3, 0.4) is 0 Å². The van der Waals surface area contributed by atoms with Crippen LogP contribution in [-0.4, -0.2) is 11.2 Å². The molecule has 3 aromatic carbocycles. The van der Waals surface area contributed by atoms with Gasteiger partial charge in [-0.15, -0.1) is 11.3 Å². The van der Waals surface area contributed by atoms with Crippen molar-refractivity contribution in [2.45, 2.75) is 0 Å². The van der Waals surface area contributed by atoms with Crippen LogP contribution >= 0.6 is 27.3 Å². The zero-order valence-electron chi connectivity index (χ0n) is 15.0. The number of thiazole rings is 1. The highest BCUT2D eigenvalue weighted by atomic mass is 79.9. The van der Waals surface area contributed by atoms with Crippen molar-refractivity contribution in [1.29, 1.82) is 0 Å². The van der Waals surface area contributed by atoms with E-state index in [4.69, 9.17) is 4.74 Å². The molecule has 0 saturated heterocycles. The van der Waals surface area contributed by atoms with Gasteiger partial charge >= 0.3 is 0 Å². The number of benzene rings is 3. The number of nitrogens with one attached hydrogen (secondary N) is 1. The highest BCUT2D eigenvalue weighted by Crippen LogP contribution is 2.27. The first-order valence-corrected chi connectivity index (χ1v) is 10.4. The fourth-order valence-corrected chi connectivity index (χ4v) is 3.47. The molecule has 0 bridgehead atoms. The summed E-state index contributed by atoms with van der Waals surface area (Å²) in [5.41, 5.74) is 5.52. The van der Waals surface area contributed by atoms with Gasteiger partial charge in [0.15, 0.2) is 11.6 Å². The van der Waals surface area contributed by atoms with Gasteiger partial charge in [-0.1, -0.05) is 52.3 Å². The van der Waals surface area contributed by atoms with Gasteiger partial charge in [-0.3, -0.25) is 5.43 Å². The molecule has 4 aromatic rings. The van der Waals surface area contributed by atoms with Gasteiger partial charge in [-0.2, -0.15) is 5.10 Å². The van der Waals surface area contributed by atoms with Crippen molar-refractivity contribution in [1.82, 2.24) is 4.98 Å². The number of ether oxygens (including phenoxy) is 1. The Kier molecular flexibility index (Phi) is 5.97. The van der Waals surface area contributed by atoms with Gasteiger partial charge in [-0.05, 0) is 42.0 Å². The van der Waals surface area contributed by atoms with E-state index in [0.717, 1.165) is 15.7 Å². The lowest BCUT2D eigenvalue weighted by molar-refractivity contribution is 0.442. The highest BCUT2D eigenvalue weighted by Gasteiger charge is 2.06. The maximum atomic E-state index is 14.0. The predicted molar refractivity (Wildman–Crippen MR) is 119 cm³/mol. The lowest BCUT2D eigenvalue weighted by atomic mass is 10.2. The molecular formula is C22H15BrFN3OS. The largest absolute Gasteiger partial charge is 0.454 e. The van der Waals surface area contributed by atoms with Gasteiger partial charge in [0.1, 0.15) is 5.75 Å². The number of aromatic nitrogens is 1. The van der Waals surface area contributed by atoms with Crippen LogP contribution in [0.15, 0.2) is 87.8 Å². The van der Waals surface area contributed by atoms with Gasteiger partial charge in [0.25, 0.3) is 0 Å². The van der Waals surface area contributed by atoms with E-state index in [1.54, 1.807) is 30.5 Å². The summed E-state index contributed by atoms with van der Waals surface area (Å²) in [5.74, 6) is 0.284. The van der Waals surface area contributed by atoms with Crippen molar-refractivity contribution in [2.24, 2.45) is 5.10 Å². The van der Waals surface area contributed by atoms with Gasteiger partial charge in [0, 0.05) is 15.4 Å². The Morgan fingerprint density at radius 3 is 2.62 bits per heavy atom. The average molecular weight is 468 g/mol. The first-order valence-electron chi connectivity index (χ1n) is 8.70. The number of hydrogen-bond donors (Lipinski definition) is 1. The van der Waals surface area contributed by atoms with Crippen LogP contribution in [0.1, 0.15) is 5.56 Å². The molecule has 1 aromatic heterocycles. The SMILES string of the molecule is Fc1ccc(C=NNc2nc(-c3ccc(Br)cc3)cs2)cc1Oc1ccccc1. The summed E-state index contributed by atoms with van der Waals surface area (Å²) in [6.07, 6.45) is 1.60. The number of anilines is 1. The molecule has 0 radical (unpaired) electrons. The lowest BCUT2D eigenvalue weighted by Crippen LogP contribution is -1.93. The van der Waals surface area contributed by atoms with Crippen molar-refractivity contribution >= 4 is 38.6 Å². The van der Waals surface area contributed by atoms with E-state index < -0.39 is 5.82 Å². The molecule has 0 saturated carbocycles. The number of nitrogens with zero attached hydrogens (tertiary/aromatic N) is 2. The maximum absolute atomic E-state index is 14.0. The summed E-state index contributed by atoms with van der Waals surface area (Å²) in [7, 11) is 0. The van der Waals surface area contributed by atoms with Gasteiger partial charge < -0.3 is 4.74 Å². The smallest absolute Gasteiger partial charge is 0.203 e. The van der Waals surface area contributed by atoms with Crippen molar-refractivity contribution in [2.75, 3.05) is 5.43 Å². The van der Waals surface area contributed by atoms with E-state index in [1.807, 2.05) is 47.8 Å². The van der Waals surface area contributed by atoms with Crippen LogP contribution in [0, 0.1) is 5.82 Å². The third-order valence-electron chi connectivity index (χ3n) is 3.94. The molecule has 29 heavy (non-hydrogen) atoms. The summed E-state index contributed by atoms with van der Waals surface area (Å²) >= 11 is 4.88. The molecule has 0 amide bonds. The maximum Gasteiger partial charge on any atom is 0.203 e. The minimum atomic E-state index is -0.432. The van der Waals surface area contributed by atoms with Crippen LogP contribution in [0.5, 0.6) is 11.5 Å². The minimum absolute atomic E-state index is 0.145. The Hall–Kier alpha value is -3.03. The van der Waals surface area contributed by atoms with Crippen molar-refractivity contribution in [3.8, 4) is 22.8 Å². The molecule has 0 fully saturated rings. The van der Waals surface area contributed by atoms with E-state index in [0.29, 0.717) is 16.4 Å². The summed E-state index contributed by atoms with van der Waals surface area (Å²) in [4.78, 5) is 4.52. The second-order valence-electron chi connectivity index (χ2n) is 6.02. The molecule has 0 atom stereocenters. The first kappa shape index (κ1) is 19.3. The number of halogens is 2. The third kappa shape index (κ3) is 5.07. The molecular weight excluding hydrogens is 453 g/mol. The van der Waals surface area contributed by atoms with Crippen LogP contribution in [0.4, 0.5) is 9.52 Å². The van der Waals surface area contributed by atoms with Gasteiger partial charge in [-0.25, -0.2) is 9.37 Å². The Morgan fingerprint density at radius 1 is 1.03 bits per heavy atom. The highest BCUT2D eigenvalue weighted by molar-refractivity contribution is 9.10. The second kappa shape index (κ2) is 8.98. The summed E-state index contributed by atoms with van der Waals surface area (Å²) < 4.78 is 20.7. The molecule has 0 aliphatic carbocycles. The molecule has 144 valence electrons. The fraction of sp³-hybridized carbons (Fsp3) is 0. The molecule has 4 nitrogen and oxygen atoms in total. The number of hydrazone groups is 1. The molecule has 1 heterocycles. The van der Waals surface area contributed by atoms with E-state index in [1.165, 1.54) is 17.4 Å². The van der Waals surface area contributed by atoms with E-state index >= 15 is 0 Å². The first-order chi connectivity index (χ1) is 14.2. The molecule has 4 rings (SSSR count). The molecule has 7 heteroatoms. The molecule has 0 aliphatic rings. The van der Waals surface area contributed by atoms with Crippen LogP contribution in [0.2, 0.25) is 0 Å². The van der Waals surface area contributed by atoms with Crippen LogP contribution in [0.25, 0.3) is 11.3 Å². The Balaban J connectivity index is 1.43.